The van der Waals surface area contributed by atoms with Crippen LogP contribution in [-0.2, 0) is 11.0 Å². The van der Waals surface area contributed by atoms with Crippen molar-refractivity contribution in [3.8, 4) is 17.6 Å². The molecule has 0 saturated carbocycles. The first-order valence-electron chi connectivity index (χ1n) is 7.75. The Kier molecular flexibility index (Phi) is 7.55. The Bertz CT molecular complexity index is 826. The molecule has 2 aromatic rings. The van der Waals surface area contributed by atoms with E-state index in [-0.39, 0.29) is 36.4 Å². The lowest BCUT2D eigenvalue weighted by atomic mass is 10.2. The number of carbonyl (C=O) groups is 1. The van der Waals surface area contributed by atoms with Gasteiger partial charge in [-0.25, -0.2) is 4.39 Å². The zero-order chi connectivity index (χ0) is 19.7. The molecule has 0 aliphatic heterocycles. The number of amides is 1. The van der Waals surface area contributed by atoms with E-state index in [1.807, 2.05) is 0 Å². The van der Waals surface area contributed by atoms with Gasteiger partial charge < -0.3 is 10.1 Å². The van der Waals surface area contributed by atoms with E-state index in [1.54, 1.807) is 12.1 Å². The molecule has 8 heteroatoms. The van der Waals surface area contributed by atoms with Crippen LogP contribution in [0.1, 0.15) is 5.56 Å². The molecule has 142 valence electrons. The van der Waals surface area contributed by atoms with Gasteiger partial charge in [-0.15, -0.1) is 11.8 Å². The molecule has 1 amide bonds. The standard InChI is InChI=1S/C19H15F4NO2S/c20-15-6-8-17(9-7-15)27-13-18(25)24-10-1-2-11-26-16-5-3-4-14(12-16)19(21,22)23/h3-9,12H,10-11,13H2,(H,24,25). The SMILES string of the molecule is O=C(CSc1ccc(F)cc1)NCC#CCOc1cccc(C(F)(F)F)c1. The highest BCUT2D eigenvalue weighted by molar-refractivity contribution is 8.00. The number of benzene rings is 2. The Morgan fingerprint density at radius 3 is 2.56 bits per heavy atom. The topological polar surface area (TPSA) is 38.3 Å². The van der Waals surface area contributed by atoms with E-state index in [2.05, 4.69) is 17.2 Å². The van der Waals surface area contributed by atoms with Crippen LogP contribution < -0.4 is 10.1 Å². The third kappa shape index (κ3) is 7.62. The zero-order valence-corrected chi connectivity index (χ0v) is 14.8. The van der Waals surface area contributed by atoms with Gasteiger partial charge in [0.25, 0.3) is 0 Å². The molecule has 0 aromatic heterocycles. The molecule has 0 fully saturated rings. The summed E-state index contributed by atoms with van der Waals surface area (Å²) in [5.41, 5.74) is -0.793. The summed E-state index contributed by atoms with van der Waals surface area (Å²) in [6.07, 6.45) is -4.43. The lowest BCUT2D eigenvalue weighted by Gasteiger charge is -2.08. The Hall–Kier alpha value is -2.66. The maximum atomic E-state index is 12.8. The molecule has 0 unspecified atom stereocenters. The summed E-state index contributed by atoms with van der Waals surface area (Å²) < 4.78 is 55.7. The van der Waals surface area contributed by atoms with Crippen LogP contribution in [0, 0.1) is 17.7 Å². The average molecular weight is 397 g/mol. The van der Waals surface area contributed by atoms with Crippen molar-refractivity contribution in [3.63, 3.8) is 0 Å². The Balaban J connectivity index is 1.67. The Labute approximate surface area is 158 Å². The summed E-state index contributed by atoms with van der Waals surface area (Å²) in [5.74, 6) is 4.91. The van der Waals surface area contributed by atoms with Gasteiger partial charge >= 0.3 is 6.18 Å². The van der Waals surface area contributed by atoms with Crippen LogP contribution in [0.15, 0.2) is 53.4 Å². The fourth-order valence-corrected chi connectivity index (χ4v) is 2.60. The molecule has 0 atom stereocenters. The van der Waals surface area contributed by atoms with Crippen LogP contribution in [0.5, 0.6) is 5.75 Å². The van der Waals surface area contributed by atoms with Crippen molar-refractivity contribution in [1.82, 2.24) is 5.32 Å². The summed E-state index contributed by atoms with van der Waals surface area (Å²) in [6.45, 7) is -0.00370. The molecule has 0 aliphatic rings. The van der Waals surface area contributed by atoms with Crippen molar-refractivity contribution < 1.29 is 27.1 Å². The molecular weight excluding hydrogens is 382 g/mol. The average Bonchev–Trinajstić information content (AvgIpc) is 2.63. The quantitative estimate of drug-likeness (QED) is 0.453. The Morgan fingerprint density at radius 2 is 1.85 bits per heavy atom. The molecule has 2 rings (SSSR count). The van der Waals surface area contributed by atoms with Gasteiger partial charge in [-0.2, -0.15) is 13.2 Å². The van der Waals surface area contributed by atoms with E-state index in [9.17, 15) is 22.4 Å². The van der Waals surface area contributed by atoms with E-state index < -0.39 is 11.7 Å². The van der Waals surface area contributed by atoms with Crippen molar-refractivity contribution in [2.75, 3.05) is 18.9 Å². The number of halogens is 4. The van der Waals surface area contributed by atoms with E-state index in [4.69, 9.17) is 4.74 Å². The van der Waals surface area contributed by atoms with Crippen molar-refractivity contribution in [2.45, 2.75) is 11.1 Å². The van der Waals surface area contributed by atoms with E-state index in [0.29, 0.717) is 0 Å². The predicted octanol–water partition coefficient (Wildman–Crippen LogP) is 4.14. The second-order valence-corrected chi connectivity index (χ2v) is 6.24. The molecule has 0 heterocycles. The first-order valence-corrected chi connectivity index (χ1v) is 8.74. The molecular formula is C19H15F4NO2S. The number of ether oxygens (including phenoxy) is 1. The van der Waals surface area contributed by atoms with Gasteiger partial charge in [-0.05, 0) is 42.5 Å². The molecule has 0 saturated heterocycles. The van der Waals surface area contributed by atoms with Crippen LogP contribution >= 0.6 is 11.8 Å². The van der Waals surface area contributed by atoms with Gasteiger partial charge in [0, 0.05) is 4.90 Å². The van der Waals surface area contributed by atoms with Crippen LogP contribution in [0.4, 0.5) is 17.6 Å². The number of hydrogen-bond donors (Lipinski definition) is 1. The molecule has 2 aromatic carbocycles. The first kappa shape index (κ1) is 20.6. The van der Waals surface area contributed by atoms with Gasteiger partial charge in [-0.1, -0.05) is 17.9 Å². The number of carbonyl (C=O) groups excluding carboxylic acids is 1. The lowest BCUT2D eigenvalue weighted by Crippen LogP contribution is -2.25. The molecule has 1 N–H and O–H groups in total. The highest BCUT2D eigenvalue weighted by Gasteiger charge is 2.30. The van der Waals surface area contributed by atoms with Crippen molar-refractivity contribution in [3.05, 3.63) is 59.9 Å². The number of thioether (sulfide) groups is 1. The van der Waals surface area contributed by atoms with Crippen LogP contribution in [-0.4, -0.2) is 24.8 Å². The molecule has 0 spiro atoms. The number of alkyl halides is 3. The van der Waals surface area contributed by atoms with Crippen molar-refractivity contribution in [2.24, 2.45) is 0 Å². The summed E-state index contributed by atoms with van der Waals surface area (Å²) in [6, 6.07) is 10.3. The second-order valence-electron chi connectivity index (χ2n) is 5.19. The number of hydrogen-bond acceptors (Lipinski definition) is 3. The summed E-state index contributed by atoms with van der Waals surface area (Å²) in [7, 11) is 0. The van der Waals surface area contributed by atoms with E-state index in [1.165, 1.54) is 36.0 Å². The summed E-state index contributed by atoms with van der Waals surface area (Å²) >= 11 is 1.26. The van der Waals surface area contributed by atoms with Gasteiger partial charge in [0.05, 0.1) is 17.9 Å². The normalized spacial score (nSPS) is 10.7. The molecule has 3 nitrogen and oxygen atoms in total. The molecule has 0 aliphatic carbocycles. The van der Waals surface area contributed by atoms with E-state index >= 15 is 0 Å². The minimum Gasteiger partial charge on any atom is -0.481 e. The van der Waals surface area contributed by atoms with Crippen LogP contribution in [0.25, 0.3) is 0 Å². The number of rotatable bonds is 6. The molecule has 0 bridgehead atoms. The molecule has 27 heavy (non-hydrogen) atoms. The zero-order valence-electron chi connectivity index (χ0n) is 14.0. The van der Waals surface area contributed by atoms with Gasteiger partial charge in [0.2, 0.25) is 5.91 Å². The van der Waals surface area contributed by atoms with Crippen LogP contribution in [0.3, 0.4) is 0 Å². The second kappa shape index (κ2) is 9.88. The van der Waals surface area contributed by atoms with Crippen molar-refractivity contribution in [1.29, 1.82) is 0 Å². The summed E-state index contributed by atoms with van der Waals surface area (Å²) in [5, 5.41) is 2.58. The third-order valence-corrected chi connectivity index (χ3v) is 4.17. The maximum absolute atomic E-state index is 12.8. The maximum Gasteiger partial charge on any atom is 0.416 e. The third-order valence-electron chi connectivity index (χ3n) is 3.15. The largest absolute Gasteiger partial charge is 0.481 e. The lowest BCUT2D eigenvalue weighted by molar-refractivity contribution is -0.137. The Morgan fingerprint density at radius 1 is 1.11 bits per heavy atom. The van der Waals surface area contributed by atoms with Gasteiger partial charge in [0.15, 0.2) is 0 Å². The van der Waals surface area contributed by atoms with Crippen LogP contribution in [0.2, 0.25) is 0 Å². The van der Waals surface area contributed by atoms with Gasteiger partial charge in [0.1, 0.15) is 18.2 Å². The smallest absolute Gasteiger partial charge is 0.416 e. The minimum atomic E-state index is -4.43. The summed E-state index contributed by atoms with van der Waals surface area (Å²) in [4.78, 5) is 12.4. The highest BCUT2D eigenvalue weighted by Crippen LogP contribution is 2.31. The fourth-order valence-electron chi connectivity index (χ4n) is 1.87. The highest BCUT2D eigenvalue weighted by atomic mass is 32.2. The number of nitrogens with one attached hydrogen (secondary N) is 1. The monoisotopic (exact) mass is 397 g/mol. The first-order chi connectivity index (χ1) is 12.8. The fraction of sp³-hybridized carbons (Fsp3) is 0.211. The van der Waals surface area contributed by atoms with Crippen molar-refractivity contribution >= 4 is 17.7 Å². The van der Waals surface area contributed by atoms with Gasteiger partial charge in [-0.3, -0.25) is 4.79 Å². The molecule has 0 radical (unpaired) electrons. The van der Waals surface area contributed by atoms with E-state index in [0.717, 1.165) is 17.0 Å². The predicted molar refractivity (Wildman–Crippen MR) is 94.8 cm³/mol. The minimum absolute atomic E-state index is 0.0684.